The minimum atomic E-state index is -3.74. The van der Waals surface area contributed by atoms with Gasteiger partial charge in [0.05, 0.1) is 16.3 Å². The van der Waals surface area contributed by atoms with E-state index < -0.39 is 16.1 Å². The number of nitrogens with one attached hydrogen (secondary N) is 2. The number of carbonyl (C=O) groups excluding carboxylic acids is 1. The van der Waals surface area contributed by atoms with Gasteiger partial charge in [0.25, 0.3) is 10.0 Å². The van der Waals surface area contributed by atoms with Crippen molar-refractivity contribution in [1.82, 2.24) is 14.8 Å². The van der Waals surface area contributed by atoms with E-state index in [1.807, 2.05) is 13.1 Å². The smallest absolute Gasteiger partial charge is 0.308 e. The number of sulfonamides is 1. The summed E-state index contributed by atoms with van der Waals surface area (Å²) in [6.45, 7) is 0. The third kappa shape index (κ3) is 4.48. The van der Waals surface area contributed by atoms with Crippen molar-refractivity contribution in [2.45, 2.75) is 4.21 Å². The van der Waals surface area contributed by atoms with E-state index in [9.17, 15) is 13.2 Å². The molecule has 0 aliphatic heterocycles. The first-order valence-electron chi connectivity index (χ1n) is 9.50. The van der Waals surface area contributed by atoms with Crippen LogP contribution in [0.3, 0.4) is 0 Å². The maximum atomic E-state index is 13.1. The average molecular weight is 469 g/mol. The minimum Gasteiger partial charge on any atom is -0.308 e. The molecular weight excluding hydrogens is 448 g/mol. The summed E-state index contributed by atoms with van der Waals surface area (Å²) in [7, 11) is -0.430. The van der Waals surface area contributed by atoms with Gasteiger partial charge in [-0.25, -0.2) is 13.2 Å². The quantitative estimate of drug-likeness (QED) is 0.444. The third-order valence-corrected chi connectivity index (χ3v) is 8.06. The van der Waals surface area contributed by atoms with Crippen LogP contribution in [0, 0.1) is 0 Å². The zero-order chi connectivity index (χ0) is 22.7. The molecule has 32 heavy (non-hydrogen) atoms. The molecule has 4 rings (SSSR count). The first-order valence-corrected chi connectivity index (χ1v) is 11.8. The van der Waals surface area contributed by atoms with Crippen LogP contribution in [0.5, 0.6) is 0 Å². The lowest BCUT2D eigenvalue weighted by atomic mass is 10.3. The summed E-state index contributed by atoms with van der Waals surface area (Å²) in [6, 6.07) is 14.7. The number of amides is 2. The summed E-state index contributed by atoms with van der Waals surface area (Å²) in [5.74, 6) is 0. The minimum absolute atomic E-state index is 0.232. The van der Waals surface area contributed by atoms with Crippen LogP contribution in [-0.4, -0.2) is 36.3 Å². The summed E-state index contributed by atoms with van der Waals surface area (Å²) < 4.78 is 29.3. The van der Waals surface area contributed by atoms with Crippen molar-refractivity contribution in [1.29, 1.82) is 0 Å². The van der Waals surface area contributed by atoms with E-state index in [2.05, 4.69) is 20.7 Å². The predicted molar refractivity (Wildman–Crippen MR) is 125 cm³/mol. The number of hydrogen-bond acceptors (Lipinski definition) is 6. The van der Waals surface area contributed by atoms with E-state index in [0.29, 0.717) is 17.1 Å². The van der Waals surface area contributed by atoms with Gasteiger partial charge in [0.15, 0.2) is 0 Å². The molecule has 0 saturated carbocycles. The molecule has 9 nitrogen and oxygen atoms in total. The highest BCUT2D eigenvalue weighted by Crippen LogP contribution is 2.33. The Bertz CT molecular complexity index is 1330. The van der Waals surface area contributed by atoms with Gasteiger partial charge in [0.2, 0.25) is 0 Å². The molecule has 2 amide bonds. The summed E-state index contributed by atoms with van der Waals surface area (Å²) in [5.41, 5.74) is 2.46. The molecule has 11 heteroatoms. The number of nitrogens with zero attached hydrogens (tertiary/aromatic N) is 4. The van der Waals surface area contributed by atoms with Crippen LogP contribution in [-0.2, 0) is 17.1 Å². The van der Waals surface area contributed by atoms with Crippen molar-refractivity contribution in [3.8, 4) is 10.6 Å². The summed E-state index contributed by atoms with van der Waals surface area (Å²) >= 11 is 1.19. The maximum absolute atomic E-state index is 13.1. The molecular formula is C21H20N6O3S2. The monoisotopic (exact) mass is 468 g/mol. The van der Waals surface area contributed by atoms with E-state index >= 15 is 0 Å². The van der Waals surface area contributed by atoms with Crippen molar-refractivity contribution in [2.75, 3.05) is 22.0 Å². The van der Waals surface area contributed by atoms with Crippen molar-refractivity contribution < 1.29 is 13.2 Å². The lowest BCUT2D eigenvalue weighted by Gasteiger charge is -2.19. The molecule has 4 aromatic rings. The van der Waals surface area contributed by atoms with Gasteiger partial charge in [-0.05, 0) is 54.6 Å². The standard InChI is InChI=1S/C21H20N6O3S2/c1-26-18(11-14-23-26)19-7-8-20(31-19)32(29,30)27(2)17-5-3-15(4-6-17)24-21(28)25-16-9-12-22-13-10-16/h3-14H,1-2H3,(H2,22,24,25,28). The third-order valence-electron chi connectivity index (χ3n) is 4.70. The number of carbonyl (C=O) groups is 1. The summed E-state index contributed by atoms with van der Waals surface area (Å²) in [5, 5.41) is 9.52. The highest BCUT2D eigenvalue weighted by molar-refractivity contribution is 7.94. The molecule has 0 aliphatic carbocycles. The first-order chi connectivity index (χ1) is 15.3. The van der Waals surface area contributed by atoms with Crippen LogP contribution >= 0.6 is 11.3 Å². The van der Waals surface area contributed by atoms with E-state index in [1.165, 1.54) is 22.7 Å². The molecule has 0 fully saturated rings. The van der Waals surface area contributed by atoms with Crippen LogP contribution in [0.25, 0.3) is 10.6 Å². The van der Waals surface area contributed by atoms with Gasteiger partial charge in [0, 0.05) is 44.1 Å². The molecule has 2 N–H and O–H groups in total. The normalized spacial score (nSPS) is 11.2. The molecule has 0 saturated heterocycles. The number of aryl methyl sites for hydroxylation is 1. The van der Waals surface area contributed by atoms with Crippen LogP contribution in [0.1, 0.15) is 0 Å². The molecule has 3 heterocycles. The van der Waals surface area contributed by atoms with Crippen LogP contribution < -0.4 is 14.9 Å². The molecule has 0 spiro atoms. The predicted octanol–water partition coefficient (Wildman–Crippen LogP) is 4.01. The fourth-order valence-electron chi connectivity index (χ4n) is 2.97. The van der Waals surface area contributed by atoms with Crippen molar-refractivity contribution in [3.05, 3.63) is 73.2 Å². The van der Waals surface area contributed by atoms with Crippen LogP contribution in [0.15, 0.2) is 77.4 Å². The number of urea groups is 1. The van der Waals surface area contributed by atoms with Gasteiger partial charge in [-0.3, -0.25) is 14.0 Å². The largest absolute Gasteiger partial charge is 0.323 e. The van der Waals surface area contributed by atoms with Crippen molar-refractivity contribution >= 4 is 44.5 Å². The number of anilines is 3. The van der Waals surface area contributed by atoms with Gasteiger partial charge in [-0.1, -0.05) is 0 Å². The second kappa shape index (κ2) is 8.81. The molecule has 0 aliphatic rings. The Morgan fingerprint density at radius 2 is 1.59 bits per heavy atom. The van der Waals surface area contributed by atoms with E-state index in [-0.39, 0.29) is 4.21 Å². The van der Waals surface area contributed by atoms with Gasteiger partial charge in [-0.2, -0.15) is 5.10 Å². The van der Waals surface area contributed by atoms with Gasteiger partial charge < -0.3 is 10.6 Å². The van der Waals surface area contributed by atoms with Gasteiger partial charge in [-0.15, -0.1) is 11.3 Å². The number of hydrogen-bond donors (Lipinski definition) is 2. The van der Waals surface area contributed by atoms with E-state index in [4.69, 9.17) is 0 Å². The van der Waals surface area contributed by atoms with Crippen molar-refractivity contribution in [2.24, 2.45) is 7.05 Å². The number of thiophene rings is 1. The van der Waals surface area contributed by atoms with Crippen LogP contribution in [0.4, 0.5) is 21.9 Å². The Morgan fingerprint density at radius 3 is 2.22 bits per heavy atom. The molecule has 0 radical (unpaired) electrons. The summed E-state index contributed by atoms with van der Waals surface area (Å²) in [6.07, 6.45) is 4.82. The van der Waals surface area contributed by atoms with Crippen molar-refractivity contribution in [3.63, 3.8) is 0 Å². The Balaban J connectivity index is 1.46. The molecule has 0 unspecified atom stereocenters. The SMILES string of the molecule is CN(c1ccc(NC(=O)Nc2ccncc2)cc1)S(=O)(=O)c1ccc(-c2ccnn2C)s1. The molecule has 0 atom stereocenters. The second-order valence-electron chi connectivity index (χ2n) is 6.79. The van der Waals surface area contributed by atoms with E-state index in [0.717, 1.165) is 10.6 Å². The Kier molecular flexibility index (Phi) is 5.93. The number of benzene rings is 1. The molecule has 1 aromatic carbocycles. The Hall–Kier alpha value is -3.70. The maximum Gasteiger partial charge on any atom is 0.323 e. The lowest BCUT2D eigenvalue weighted by Crippen LogP contribution is -2.25. The summed E-state index contributed by atoms with van der Waals surface area (Å²) in [4.78, 5) is 16.8. The first kappa shape index (κ1) is 21.5. The Labute approximate surface area is 189 Å². The fourth-order valence-corrected chi connectivity index (χ4v) is 5.70. The van der Waals surface area contributed by atoms with Crippen LogP contribution in [0.2, 0.25) is 0 Å². The highest BCUT2D eigenvalue weighted by atomic mass is 32.2. The number of pyridine rings is 1. The average Bonchev–Trinajstić information content (AvgIpc) is 3.43. The zero-order valence-electron chi connectivity index (χ0n) is 17.3. The van der Waals surface area contributed by atoms with Gasteiger partial charge >= 0.3 is 6.03 Å². The Morgan fingerprint density at radius 1 is 0.938 bits per heavy atom. The highest BCUT2D eigenvalue weighted by Gasteiger charge is 2.24. The number of rotatable bonds is 6. The molecule has 164 valence electrons. The van der Waals surface area contributed by atoms with Gasteiger partial charge in [0.1, 0.15) is 4.21 Å². The molecule has 3 aromatic heterocycles. The van der Waals surface area contributed by atoms with E-state index in [1.54, 1.807) is 71.8 Å². The fraction of sp³-hybridized carbons (Fsp3) is 0.0952. The zero-order valence-corrected chi connectivity index (χ0v) is 18.9. The molecule has 0 bridgehead atoms. The lowest BCUT2D eigenvalue weighted by molar-refractivity contribution is 0.262. The number of aromatic nitrogens is 3. The second-order valence-corrected chi connectivity index (χ2v) is 10.1. The topological polar surface area (TPSA) is 109 Å².